The molecular weight excluding hydrogens is 806 g/mol. The van der Waals surface area contributed by atoms with Gasteiger partial charge in [0, 0.05) is 12.8 Å². The van der Waals surface area contributed by atoms with Crippen LogP contribution in [0.2, 0.25) is 0 Å². The molecule has 0 rings (SSSR count). The first kappa shape index (κ1) is 58.9. The SMILES string of the molecule is CCCCC/C=C\C/C=C\C/C=C\C/C=C\C/C=C\CCC(=O)O[C@H](COC(=O)CCCC(O)C(O)C/C=C\C/C=C\C/C=C\CCCCC)COP(=O)(O)OCC[N+](C)(C)C. The Morgan fingerprint density at radius 1 is 0.565 bits per heavy atom. The van der Waals surface area contributed by atoms with Crippen LogP contribution in [-0.4, -0.2) is 97.3 Å². The highest BCUT2D eigenvalue weighted by molar-refractivity contribution is 7.47. The van der Waals surface area contributed by atoms with E-state index in [4.69, 9.17) is 18.5 Å². The third kappa shape index (κ3) is 42.2. The number of unbranched alkanes of at least 4 members (excludes halogenated alkanes) is 6. The highest BCUT2D eigenvalue weighted by Crippen LogP contribution is 2.43. The molecule has 0 aromatic carbocycles. The molecule has 0 aromatic heterocycles. The molecule has 0 aliphatic carbocycles. The zero-order chi connectivity index (χ0) is 46.0. The average Bonchev–Trinajstić information content (AvgIpc) is 3.22. The molecule has 0 bridgehead atoms. The lowest BCUT2D eigenvalue weighted by molar-refractivity contribution is -0.870. The van der Waals surface area contributed by atoms with Gasteiger partial charge in [-0.1, -0.05) is 137 Å². The van der Waals surface area contributed by atoms with Gasteiger partial charge in [-0.2, -0.15) is 0 Å². The average molecular weight is 891 g/mol. The van der Waals surface area contributed by atoms with Crippen molar-refractivity contribution < 1.29 is 52.3 Å². The maximum Gasteiger partial charge on any atom is 0.472 e. The highest BCUT2D eigenvalue weighted by Gasteiger charge is 2.27. The van der Waals surface area contributed by atoms with Crippen molar-refractivity contribution >= 4 is 19.8 Å². The predicted octanol–water partition coefficient (Wildman–Crippen LogP) is 11.3. The van der Waals surface area contributed by atoms with E-state index in [0.29, 0.717) is 23.9 Å². The summed E-state index contributed by atoms with van der Waals surface area (Å²) in [6.45, 7) is 3.92. The fraction of sp³-hybridized carbons (Fsp3) is 0.640. The molecule has 354 valence electrons. The molecule has 0 aliphatic rings. The van der Waals surface area contributed by atoms with Gasteiger partial charge in [0.05, 0.1) is 40.0 Å². The molecule has 12 heteroatoms. The summed E-state index contributed by atoms with van der Waals surface area (Å²) in [5, 5.41) is 20.7. The van der Waals surface area contributed by atoms with Gasteiger partial charge in [-0.05, 0) is 89.9 Å². The Labute approximate surface area is 376 Å². The van der Waals surface area contributed by atoms with Crippen molar-refractivity contribution in [1.82, 2.24) is 0 Å². The summed E-state index contributed by atoms with van der Waals surface area (Å²) in [5.74, 6) is -1.19. The zero-order valence-electron chi connectivity index (χ0n) is 39.0. The monoisotopic (exact) mass is 891 g/mol. The van der Waals surface area contributed by atoms with Gasteiger partial charge in [0.2, 0.25) is 0 Å². The van der Waals surface area contributed by atoms with Crippen LogP contribution in [0, 0.1) is 0 Å². The second kappa shape index (κ2) is 40.6. The number of phosphoric acid groups is 1. The molecule has 0 saturated heterocycles. The van der Waals surface area contributed by atoms with Gasteiger partial charge in [0.25, 0.3) is 0 Å². The molecule has 0 saturated carbocycles. The van der Waals surface area contributed by atoms with Crippen molar-refractivity contribution in [2.45, 2.75) is 161 Å². The second-order valence-corrected chi connectivity index (χ2v) is 17.8. The Balaban J connectivity index is 4.71. The molecule has 0 aromatic rings. The highest BCUT2D eigenvalue weighted by atomic mass is 31.2. The first-order valence-electron chi connectivity index (χ1n) is 23.1. The third-order valence-electron chi connectivity index (χ3n) is 9.30. The minimum Gasteiger partial charge on any atom is -0.462 e. The number of quaternary nitrogens is 1. The van der Waals surface area contributed by atoms with Crippen LogP contribution >= 0.6 is 7.82 Å². The number of carbonyl (C=O) groups excluding carboxylic acids is 2. The van der Waals surface area contributed by atoms with E-state index in [9.17, 15) is 29.3 Å². The van der Waals surface area contributed by atoms with Gasteiger partial charge in [-0.3, -0.25) is 18.6 Å². The number of phosphoric ester groups is 1. The Morgan fingerprint density at radius 2 is 1.03 bits per heavy atom. The fourth-order valence-electron chi connectivity index (χ4n) is 5.51. The lowest BCUT2D eigenvalue weighted by Crippen LogP contribution is -2.37. The number of aliphatic hydroxyl groups excluding tert-OH is 2. The van der Waals surface area contributed by atoms with E-state index in [1.165, 1.54) is 44.9 Å². The van der Waals surface area contributed by atoms with Gasteiger partial charge < -0.3 is 29.1 Å². The molecule has 0 fully saturated rings. The van der Waals surface area contributed by atoms with Gasteiger partial charge >= 0.3 is 19.8 Å². The minimum atomic E-state index is -4.47. The molecule has 3 N–H and O–H groups in total. The summed E-state index contributed by atoms with van der Waals surface area (Å²) in [7, 11) is 1.26. The van der Waals surface area contributed by atoms with Crippen LogP contribution in [0.3, 0.4) is 0 Å². The Hall–Kier alpha value is -3.15. The van der Waals surface area contributed by atoms with Crippen molar-refractivity contribution in [2.24, 2.45) is 0 Å². The summed E-state index contributed by atoms with van der Waals surface area (Å²) in [6, 6.07) is 0. The molecule has 62 heavy (non-hydrogen) atoms. The molecule has 0 aliphatic heterocycles. The summed E-state index contributed by atoms with van der Waals surface area (Å²) in [4.78, 5) is 35.4. The quantitative estimate of drug-likeness (QED) is 0.0178. The molecule has 4 atom stereocenters. The van der Waals surface area contributed by atoms with Gasteiger partial charge in [0.15, 0.2) is 6.10 Å². The molecule has 0 radical (unpaired) electrons. The fourth-order valence-corrected chi connectivity index (χ4v) is 6.25. The number of likely N-dealkylation sites (N-methyl/N-ethyl adjacent to an activating group) is 1. The van der Waals surface area contributed by atoms with Crippen molar-refractivity contribution in [3.8, 4) is 0 Å². The number of hydrogen-bond acceptors (Lipinski definition) is 9. The number of rotatable bonds is 40. The van der Waals surface area contributed by atoms with Gasteiger partial charge in [-0.15, -0.1) is 0 Å². The second-order valence-electron chi connectivity index (χ2n) is 16.4. The predicted molar refractivity (Wildman–Crippen MR) is 254 cm³/mol. The van der Waals surface area contributed by atoms with Crippen molar-refractivity contribution in [3.05, 3.63) is 97.2 Å². The van der Waals surface area contributed by atoms with Crippen LogP contribution in [0.1, 0.15) is 142 Å². The number of esters is 2. The number of ether oxygens (including phenoxy) is 2. The molecule has 11 nitrogen and oxygen atoms in total. The number of carbonyl (C=O) groups is 2. The number of hydrogen-bond donors (Lipinski definition) is 3. The number of allylic oxidation sites excluding steroid dienone is 15. The molecule has 0 amide bonds. The van der Waals surface area contributed by atoms with E-state index >= 15 is 0 Å². The summed E-state index contributed by atoms with van der Waals surface area (Å²) >= 11 is 0. The largest absolute Gasteiger partial charge is 0.472 e. The van der Waals surface area contributed by atoms with E-state index in [1.54, 1.807) is 0 Å². The summed E-state index contributed by atoms with van der Waals surface area (Å²) < 4.78 is 34.0. The molecule has 3 unspecified atom stereocenters. The van der Waals surface area contributed by atoms with E-state index in [0.717, 1.165) is 44.9 Å². The Kier molecular flexibility index (Phi) is 38.5. The van der Waals surface area contributed by atoms with E-state index in [1.807, 2.05) is 45.4 Å². The van der Waals surface area contributed by atoms with Crippen LogP contribution in [0.4, 0.5) is 0 Å². The minimum absolute atomic E-state index is 0.0321. The Morgan fingerprint density at radius 3 is 1.52 bits per heavy atom. The van der Waals surface area contributed by atoms with Crippen LogP contribution in [0.5, 0.6) is 0 Å². The van der Waals surface area contributed by atoms with Crippen LogP contribution in [0.15, 0.2) is 97.2 Å². The normalized spacial score (nSPS) is 15.4. The summed E-state index contributed by atoms with van der Waals surface area (Å²) in [5.41, 5.74) is 0. The first-order valence-corrected chi connectivity index (χ1v) is 24.6. The van der Waals surface area contributed by atoms with Crippen molar-refractivity contribution in [3.63, 3.8) is 0 Å². The van der Waals surface area contributed by atoms with Crippen LogP contribution < -0.4 is 0 Å². The maximum absolute atomic E-state index is 12.7. The Bertz CT molecular complexity index is 1410. The standard InChI is InChI=1S/C50H84NO10P/c1-6-8-10-12-14-16-18-20-21-22-23-24-25-26-28-30-32-34-36-40-50(55)61-46(45-60-62(56,57)59-43-42-51(3,4)5)44-58-49(54)41-37-39-48(53)47(52)38-35-33-31-29-27-19-17-15-13-11-9-7-2/h14-17,20-21,23-24,26-29,32-35,46-48,52-53H,6-13,18-19,22,25,30-31,36-45H2,1-5H3/p+1/b16-14-,17-15-,21-20-,24-23-,28-26-,29-27-,34-32-,35-33-/t46-,47?,48?/m1/s1. The zero-order valence-corrected chi connectivity index (χ0v) is 39.9. The van der Waals surface area contributed by atoms with Crippen LogP contribution in [-0.2, 0) is 32.7 Å². The topological polar surface area (TPSA) is 149 Å². The van der Waals surface area contributed by atoms with E-state index in [-0.39, 0.29) is 32.3 Å². The molecule has 0 heterocycles. The van der Waals surface area contributed by atoms with Crippen molar-refractivity contribution in [2.75, 3.05) is 47.5 Å². The smallest absolute Gasteiger partial charge is 0.462 e. The summed E-state index contributed by atoms with van der Waals surface area (Å²) in [6.07, 6.45) is 46.5. The maximum atomic E-state index is 12.7. The molecule has 0 spiro atoms. The van der Waals surface area contributed by atoms with E-state index in [2.05, 4.69) is 86.8 Å². The third-order valence-corrected chi connectivity index (χ3v) is 10.3. The lowest BCUT2D eigenvalue weighted by Gasteiger charge is -2.24. The van der Waals surface area contributed by atoms with Gasteiger partial charge in [0.1, 0.15) is 19.8 Å². The van der Waals surface area contributed by atoms with Crippen molar-refractivity contribution in [1.29, 1.82) is 0 Å². The van der Waals surface area contributed by atoms with Crippen LogP contribution in [0.25, 0.3) is 0 Å². The van der Waals surface area contributed by atoms with Gasteiger partial charge in [-0.25, -0.2) is 4.57 Å². The number of nitrogens with zero attached hydrogens (tertiary/aromatic N) is 1. The first-order chi connectivity index (χ1) is 29.8. The number of aliphatic hydroxyl groups is 2. The molecular formula is C50H85NO10P+. The van der Waals surface area contributed by atoms with E-state index < -0.39 is 51.3 Å². The lowest BCUT2D eigenvalue weighted by atomic mass is 10.0.